The lowest BCUT2D eigenvalue weighted by atomic mass is 10.00. The number of ether oxygens (including phenoxy) is 4. The average molecular weight is 1500 g/mol. The number of nitrogens with zero attached hydrogens (tertiary/aromatic N) is 13. The summed E-state index contributed by atoms with van der Waals surface area (Å²) in [6.07, 6.45) is 5.08. The maximum Gasteiger partial charge on any atom is 0.410 e. The van der Waals surface area contributed by atoms with Crippen LogP contribution in [-0.2, 0) is 9.47 Å². The summed E-state index contributed by atoms with van der Waals surface area (Å²) in [5.41, 5.74) is 3.97. The number of hydrogen-bond donors (Lipinski definition) is 1. The number of piperazine rings is 2. The van der Waals surface area contributed by atoms with E-state index in [4.69, 9.17) is 52.9 Å². The van der Waals surface area contributed by atoms with Gasteiger partial charge in [-0.15, -0.1) is 23.2 Å². The number of carbonyl (C=O) groups is 2. The molecule has 24 nitrogen and oxygen atoms in total. The van der Waals surface area contributed by atoms with E-state index < -0.39 is 98.2 Å². The van der Waals surface area contributed by atoms with Crippen molar-refractivity contribution in [3.05, 3.63) is 162 Å². The summed E-state index contributed by atoms with van der Waals surface area (Å²) >= 11 is 13.1. The first kappa shape index (κ1) is 76.6. The lowest BCUT2D eigenvalue weighted by molar-refractivity contribution is -0.385. The molecule has 0 aliphatic carbocycles. The fourth-order valence-electron chi connectivity index (χ4n) is 13.9. The first-order valence-electron chi connectivity index (χ1n) is 34.3. The molecule has 8 aromatic heterocycles. The molecule has 0 spiro atoms. The molecule has 10 aromatic rings. The number of amides is 2. The van der Waals surface area contributed by atoms with Crippen LogP contribution in [0.2, 0.25) is 0 Å². The number of pyridine rings is 8. The normalized spacial score (nSPS) is 16.5. The third-order valence-corrected chi connectivity index (χ3v) is 19.3. The van der Waals surface area contributed by atoms with E-state index in [1.54, 1.807) is 108 Å². The van der Waals surface area contributed by atoms with Gasteiger partial charge < -0.3 is 44.3 Å². The summed E-state index contributed by atoms with van der Waals surface area (Å²) in [7, 11) is 2.74. The number of aryl methyl sites for hydroxylation is 2. The molecule has 2 aromatic carbocycles. The van der Waals surface area contributed by atoms with Crippen LogP contribution in [0.5, 0.6) is 11.8 Å². The van der Waals surface area contributed by atoms with E-state index in [9.17, 15) is 29.3 Å². The number of hydrogen-bond acceptors (Lipinski definition) is 19. The Morgan fingerprint density at radius 1 is 0.585 bits per heavy atom. The molecule has 0 bridgehead atoms. The quantitative estimate of drug-likeness (QED) is 0.0486. The Hall–Kier alpha value is -10.5. The Kier molecular flexibility index (Phi) is 21.6. The molecule has 2 amide bonds. The first-order valence-corrected chi connectivity index (χ1v) is 35.4. The van der Waals surface area contributed by atoms with Crippen LogP contribution in [0.4, 0.5) is 49.9 Å². The summed E-state index contributed by atoms with van der Waals surface area (Å²) < 4.78 is 90.2. The molecule has 0 saturated carbocycles. The summed E-state index contributed by atoms with van der Waals surface area (Å²) in [5, 5.41) is 14.6. The minimum Gasteiger partial charge on any atom is -0.481 e. The molecule has 558 valence electrons. The molecule has 12 rings (SSSR count). The van der Waals surface area contributed by atoms with Crippen molar-refractivity contribution < 1.29 is 51.0 Å². The number of anilines is 3. The average Bonchev–Trinajstić information content (AvgIpc) is 0.722. The van der Waals surface area contributed by atoms with Gasteiger partial charge >= 0.3 is 23.4 Å². The maximum absolute atomic E-state index is 16.9. The van der Waals surface area contributed by atoms with Crippen LogP contribution in [0.1, 0.15) is 117 Å². The van der Waals surface area contributed by atoms with E-state index >= 15 is 17.6 Å². The number of nitrogens with two attached hydrogens (primary N) is 1. The molecule has 4 atom stereocenters. The van der Waals surface area contributed by atoms with Gasteiger partial charge in [0.05, 0.1) is 87.0 Å². The molecule has 10 heterocycles. The second kappa shape index (κ2) is 29.8. The van der Waals surface area contributed by atoms with E-state index in [0.717, 1.165) is 16.7 Å². The van der Waals surface area contributed by atoms with Crippen molar-refractivity contribution in [3.8, 4) is 45.6 Å². The smallest absolute Gasteiger partial charge is 0.410 e. The molecule has 2 fully saturated rings. The molecular formula is C76H82Cl2F4N14O10. The van der Waals surface area contributed by atoms with Crippen molar-refractivity contribution in [1.29, 1.82) is 0 Å². The lowest BCUT2D eigenvalue weighted by Crippen LogP contribution is -2.60. The maximum atomic E-state index is 16.9. The van der Waals surface area contributed by atoms with Crippen LogP contribution in [0.25, 0.3) is 77.5 Å². The molecule has 2 aliphatic heterocycles. The predicted octanol–water partition coefficient (Wildman–Crippen LogP) is 15.0. The highest BCUT2D eigenvalue weighted by molar-refractivity contribution is 6.19. The predicted molar refractivity (Wildman–Crippen MR) is 402 cm³/mol. The van der Waals surface area contributed by atoms with Crippen molar-refractivity contribution in [2.45, 2.75) is 144 Å². The zero-order valence-electron chi connectivity index (χ0n) is 61.5. The van der Waals surface area contributed by atoms with Crippen LogP contribution in [0, 0.1) is 47.2 Å². The fourth-order valence-corrected chi connectivity index (χ4v) is 14.4. The Morgan fingerprint density at radius 3 is 1.35 bits per heavy atom. The van der Waals surface area contributed by atoms with Gasteiger partial charge in [0.2, 0.25) is 11.8 Å². The molecule has 0 unspecified atom stereocenters. The highest BCUT2D eigenvalue weighted by atomic mass is 35.5. The number of halogens is 6. The fraction of sp³-hybridized carbons (Fsp3) is 0.395. The van der Waals surface area contributed by atoms with Crippen molar-refractivity contribution in [1.82, 2.24) is 48.8 Å². The minimum absolute atomic E-state index is 0.0112. The van der Waals surface area contributed by atoms with Crippen LogP contribution in [-0.4, -0.2) is 153 Å². The Morgan fingerprint density at radius 2 is 0.972 bits per heavy atom. The standard InChI is InChI=1S/C38H40ClF2N7O6.C38H42ClF2N7O4/c1-19(2)29-31(20(3)11-13-42-29)47-34-24(15-26(41)30(44-34)28-25(40)10-9-22-12-14-43-35(53-8)27(22)28)32(33(36(47)49)48(51)52)46-17-21(4)45(18-23(46)16-39)37(50)54-38(5,6)7;1-19(2)30-32(20(3)11-13-43-30)48-34-24(15-26(41)31(45-34)28-25(40)10-9-22-12-14-44-35(51-8)27(22)28)33(29(42)36(48)49)47-17-21(4)46(18-23(47)16-39)37(50)52-38(5,6)7/h9-15,19,21,23H,16-18H2,1-8H3;9-15,19,21,23H,16-18,42H2,1-8H3/t2*21-,23+/m11/s1. The van der Waals surface area contributed by atoms with Crippen LogP contribution < -0.4 is 36.1 Å². The van der Waals surface area contributed by atoms with Crippen molar-refractivity contribution in [2.24, 2.45) is 0 Å². The van der Waals surface area contributed by atoms with Gasteiger partial charge in [-0.2, -0.15) is 0 Å². The largest absolute Gasteiger partial charge is 0.481 e. The summed E-state index contributed by atoms with van der Waals surface area (Å²) in [5.74, 6) is -3.91. The van der Waals surface area contributed by atoms with Gasteiger partial charge in [-0.1, -0.05) is 39.8 Å². The Bertz CT molecular complexity index is 5300. The number of nitrogen functional groups attached to an aromatic ring is 1. The second-order valence-electron chi connectivity index (χ2n) is 29.0. The van der Waals surface area contributed by atoms with Crippen LogP contribution in [0.3, 0.4) is 0 Å². The summed E-state index contributed by atoms with van der Waals surface area (Å²) in [4.78, 5) is 102. The molecule has 0 radical (unpaired) electrons. The number of methoxy groups -OCH3 is 2. The van der Waals surface area contributed by atoms with Crippen molar-refractivity contribution in [3.63, 3.8) is 0 Å². The van der Waals surface area contributed by atoms with Crippen molar-refractivity contribution in [2.75, 3.05) is 67.7 Å². The number of alkyl halides is 2. The third kappa shape index (κ3) is 14.2. The van der Waals surface area contributed by atoms with Gasteiger partial charge in [-0.25, -0.2) is 47.1 Å². The minimum atomic E-state index is -1.07. The summed E-state index contributed by atoms with van der Waals surface area (Å²) in [6, 6.07) is 12.0. The Labute approximate surface area is 618 Å². The van der Waals surface area contributed by atoms with Gasteiger partial charge in [0, 0.05) is 80.2 Å². The molecule has 106 heavy (non-hydrogen) atoms. The van der Waals surface area contributed by atoms with Gasteiger partial charge in [-0.3, -0.25) is 38.8 Å². The molecule has 2 aliphatic rings. The van der Waals surface area contributed by atoms with Crippen LogP contribution >= 0.6 is 23.2 Å². The van der Waals surface area contributed by atoms with Crippen LogP contribution in [0.15, 0.2) is 95.0 Å². The van der Waals surface area contributed by atoms with E-state index in [1.807, 2.05) is 46.4 Å². The first-order chi connectivity index (χ1) is 50.1. The van der Waals surface area contributed by atoms with Gasteiger partial charge in [0.15, 0.2) is 11.3 Å². The van der Waals surface area contributed by atoms with E-state index in [-0.39, 0.29) is 134 Å². The molecule has 2 N–H and O–H groups in total. The topological polar surface area (TPSA) is 275 Å². The number of benzene rings is 2. The van der Waals surface area contributed by atoms with Gasteiger partial charge in [0.1, 0.15) is 57.2 Å². The number of rotatable bonds is 13. The SMILES string of the molecule is COc1nccc2ccc(F)c(-c3nc4c(cc3F)c(N3C[C@@H](C)N(C(=O)OC(C)(C)C)C[C@@H]3CCl)c(N)c(=O)n4-c3c(C)ccnc3C(C)C)c12.COc1nccc2ccc(F)c(-c3nc4c(cc3F)c(N3C[C@@H](C)N(C(=O)OC(C)(C)C)C[C@@H]3CCl)c([N+](=O)[O-])c(=O)n4-c3c(C)ccnc3C(C)C)c12. The highest BCUT2D eigenvalue weighted by Crippen LogP contribution is 2.45. The Balaban J connectivity index is 0.000000212. The zero-order valence-corrected chi connectivity index (χ0v) is 63.0. The molecule has 30 heteroatoms. The van der Waals surface area contributed by atoms with Gasteiger partial charge in [-0.05, 0) is 152 Å². The number of nitro groups is 1. The monoisotopic (exact) mass is 1500 g/mol. The van der Waals surface area contributed by atoms with E-state index in [2.05, 4.69) is 24.9 Å². The van der Waals surface area contributed by atoms with Gasteiger partial charge in [0.25, 0.3) is 5.56 Å². The van der Waals surface area contributed by atoms with Crippen molar-refractivity contribution >= 4 is 102 Å². The summed E-state index contributed by atoms with van der Waals surface area (Å²) in [6.45, 7) is 25.5. The lowest BCUT2D eigenvalue weighted by Gasteiger charge is -2.46. The van der Waals surface area contributed by atoms with E-state index in [1.165, 1.54) is 54.3 Å². The number of aromatic nitrogens is 8. The second-order valence-corrected chi connectivity index (χ2v) is 29.6. The highest BCUT2D eigenvalue weighted by Gasteiger charge is 2.44. The number of fused-ring (bicyclic) bond motifs is 4. The number of carbonyl (C=O) groups excluding carboxylic acids is 2. The third-order valence-electron chi connectivity index (χ3n) is 18.6. The molecular weight excluding hydrogens is 1420 g/mol. The molecule has 2 saturated heterocycles. The van der Waals surface area contributed by atoms with E-state index in [0.29, 0.717) is 39.0 Å². The zero-order chi connectivity index (χ0) is 77.2.